The molecule has 3 N–H and O–H groups in total. The van der Waals surface area contributed by atoms with Crippen LogP contribution >= 0.6 is 0 Å². The van der Waals surface area contributed by atoms with Crippen LogP contribution in [0.1, 0.15) is 21.7 Å². The summed E-state index contributed by atoms with van der Waals surface area (Å²) in [6, 6.07) is 7.14. The van der Waals surface area contributed by atoms with Gasteiger partial charge in [-0.2, -0.15) is 0 Å². The number of hydrogen-bond acceptors (Lipinski definition) is 3. The molecule has 2 rings (SSSR count). The molecule has 0 atom stereocenters. The van der Waals surface area contributed by atoms with E-state index in [0.29, 0.717) is 22.7 Å². The van der Waals surface area contributed by atoms with Crippen LogP contribution in [0.4, 0.5) is 11.4 Å². The number of aryl methyl sites for hydroxylation is 2. The number of anilines is 2. The van der Waals surface area contributed by atoms with Crippen LogP contribution in [0.2, 0.25) is 0 Å². The Kier molecular flexibility index (Phi) is 2.87. The van der Waals surface area contributed by atoms with Crippen molar-refractivity contribution >= 4 is 17.3 Å². The Balaban J connectivity index is 2.28. The second-order valence-electron chi connectivity index (χ2n) is 3.88. The molecule has 17 heavy (non-hydrogen) atoms. The van der Waals surface area contributed by atoms with Gasteiger partial charge in [0.15, 0.2) is 0 Å². The van der Waals surface area contributed by atoms with Crippen molar-refractivity contribution in [3.05, 3.63) is 47.4 Å². The molecular weight excluding hydrogens is 216 g/mol. The van der Waals surface area contributed by atoms with Crippen LogP contribution < -0.4 is 11.1 Å². The lowest BCUT2D eigenvalue weighted by Gasteiger charge is -2.10. The van der Waals surface area contributed by atoms with Crippen LogP contribution in [-0.4, -0.2) is 5.91 Å². The van der Waals surface area contributed by atoms with Crippen molar-refractivity contribution in [2.24, 2.45) is 0 Å². The average molecular weight is 230 g/mol. The van der Waals surface area contributed by atoms with Gasteiger partial charge in [0.25, 0.3) is 5.91 Å². The third kappa shape index (κ3) is 2.15. The van der Waals surface area contributed by atoms with Crippen LogP contribution in [0.15, 0.2) is 34.9 Å². The van der Waals surface area contributed by atoms with E-state index >= 15 is 0 Å². The Morgan fingerprint density at radius 2 is 2.06 bits per heavy atom. The zero-order chi connectivity index (χ0) is 12.4. The van der Waals surface area contributed by atoms with Crippen molar-refractivity contribution in [1.29, 1.82) is 0 Å². The number of nitrogen functional groups attached to an aromatic ring is 1. The summed E-state index contributed by atoms with van der Waals surface area (Å²) < 4.78 is 5.09. The summed E-state index contributed by atoms with van der Waals surface area (Å²) >= 11 is 0. The van der Waals surface area contributed by atoms with Crippen molar-refractivity contribution in [3.63, 3.8) is 0 Å². The van der Waals surface area contributed by atoms with E-state index in [1.54, 1.807) is 19.1 Å². The highest BCUT2D eigenvalue weighted by atomic mass is 16.3. The van der Waals surface area contributed by atoms with Gasteiger partial charge in [-0.3, -0.25) is 4.79 Å². The predicted octanol–water partition coefficient (Wildman–Crippen LogP) is 2.73. The van der Waals surface area contributed by atoms with E-state index in [4.69, 9.17) is 10.2 Å². The molecule has 2 aromatic rings. The normalized spacial score (nSPS) is 10.2. The minimum absolute atomic E-state index is 0.211. The molecule has 88 valence electrons. The second kappa shape index (κ2) is 4.33. The van der Waals surface area contributed by atoms with Gasteiger partial charge in [0.1, 0.15) is 5.76 Å². The highest BCUT2D eigenvalue weighted by molar-refractivity contribution is 6.06. The lowest BCUT2D eigenvalue weighted by molar-refractivity contribution is 0.102. The minimum Gasteiger partial charge on any atom is -0.469 e. The van der Waals surface area contributed by atoms with Crippen molar-refractivity contribution in [2.75, 3.05) is 11.1 Å². The number of amides is 1. The monoisotopic (exact) mass is 230 g/mol. The zero-order valence-corrected chi connectivity index (χ0v) is 9.78. The quantitative estimate of drug-likeness (QED) is 0.779. The van der Waals surface area contributed by atoms with E-state index in [9.17, 15) is 4.79 Å². The topological polar surface area (TPSA) is 68.3 Å². The van der Waals surface area contributed by atoms with Gasteiger partial charge in [-0.05, 0) is 31.5 Å². The molecule has 1 amide bonds. The fourth-order valence-corrected chi connectivity index (χ4v) is 1.66. The summed E-state index contributed by atoms with van der Waals surface area (Å²) in [5, 5.41) is 2.80. The first kappa shape index (κ1) is 11.3. The Hall–Kier alpha value is -2.23. The van der Waals surface area contributed by atoms with E-state index in [2.05, 4.69) is 5.32 Å². The summed E-state index contributed by atoms with van der Waals surface area (Å²) in [6.45, 7) is 3.64. The molecule has 0 saturated carbocycles. The van der Waals surface area contributed by atoms with Gasteiger partial charge >= 0.3 is 0 Å². The summed E-state index contributed by atoms with van der Waals surface area (Å²) in [5.41, 5.74) is 8.48. The first-order valence-electron chi connectivity index (χ1n) is 5.30. The van der Waals surface area contributed by atoms with Crippen molar-refractivity contribution in [3.8, 4) is 0 Å². The molecule has 0 saturated heterocycles. The van der Waals surface area contributed by atoms with Gasteiger partial charge in [-0.15, -0.1) is 0 Å². The number of carbonyl (C=O) groups excluding carboxylic acids is 1. The molecule has 1 heterocycles. The number of furan rings is 1. The number of nitrogens with one attached hydrogen (secondary N) is 1. The van der Waals surface area contributed by atoms with Gasteiger partial charge in [0, 0.05) is 0 Å². The number of para-hydroxylation sites is 1. The van der Waals surface area contributed by atoms with E-state index in [0.717, 1.165) is 5.56 Å². The average Bonchev–Trinajstić information content (AvgIpc) is 2.70. The maximum Gasteiger partial charge on any atom is 0.259 e. The first-order valence-corrected chi connectivity index (χ1v) is 5.30. The molecule has 0 bridgehead atoms. The van der Waals surface area contributed by atoms with E-state index in [1.807, 2.05) is 19.1 Å². The highest BCUT2D eigenvalue weighted by Gasteiger charge is 2.13. The largest absolute Gasteiger partial charge is 0.469 e. The van der Waals surface area contributed by atoms with Gasteiger partial charge < -0.3 is 15.5 Å². The standard InChI is InChI=1S/C13H14N2O2/c1-8-4-3-5-11(14)12(8)15-13(16)10-6-7-17-9(10)2/h3-7H,14H2,1-2H3,(H,15,16). The van der Waals surface area contributed by atoms with Crippen LogP contribution in [0.25, 0.3) is 0 Å². The zero-order valence-electron chi connectivity index (χ0n) is 9.78. The van der Waals surface area contributed by atoms with Crippen LogP contribution in [0.5, 0.6) is 0 Å². The molecule has 0 spiro atoms. The minimum atomic E-state index is -0.211. The summed E-state index contributed by atoms with van der Waals surface area (Å²) in [5.74, 6) is 0.381. The van der Waals surface area contributed by atoms with E-state index < -0.39 is 0 Å². The molecule has 0 unspecified atom stereocenters. The SMILES string of the molecule is Cc1cccc(N)c1NC(=O)c1ccoc1C. The Morgan fingerprint density at radius 1 is 1.29 bits per heavy atom. The van der Waals surface area contributed by atoms with Crippen molar-refractivity contribution in [2.45, 2.75) is 13.8 Å². The lowest BCUT2D eigenvalue weighted by Crippen LogP contribution is -2.14. The van der Waals surface area contributed by atoms with Crippen molar-refractivity contribution < 1.29 is 9.21 Å². The number of rotatable bonds is 2. The maximum absolute atomic E-state index is 12.0. The first-order chi connectivity index (χ1) is 8.09. The lowest BCUT2D eigenvalue weighted by atomic mass is 10.1. The van der Waals surface area contributed by atoms with Crippen molar-refractivity contribution in [1.82, 2.24) is 0 Å². The molecule has 1 aromatic carbocycles. The smallest absolute Gasteiger partial charge is 0.259 e. The highest BCUT2D eigenvalue weighted by Crippen LogP contribution is 2.23. The second-order valence-corrected chi connectivity index (χ2v) is 3.88. The number of carbonyl (C=O) groups is 1. The van der Waals surface area contributed by atoms with Gasteiger partial charge in [0.05, 0.1) is 23.2 Å². The Bertz CT molecular complexity index is 538. The Labute approximate surface area is 99.4 Å². The van der Waals surface area contributed by atoms with Gasteiger partial charge in [0.2, 0.25) is 0 Å². The van der Waals surface area contributed by atoms with Crippen LogP contribution in [0, 0.1) is 13.8 Å². The molecule has 0 radical (unpaired) electrons. The Morgan fingerprint density at radius 3 is 2.65 bits per heavy atom. The summed E-state index contributed by atoms with van der Waals surface area (Å²) in [7, 11) is 0. The van der Waals surface area contributed by atoms with Gasteiger partial charge in [-0.25, -0.2) is 0 Å². The fourth-order valence-electron chi connectivity index (χ4n) is 1.66. The number of benzene rings is 1. The molecule has 0 fully saturated rings. The molecular formula is C13H14N2O2. The molecule has 0 aliphatic rings. The fraction of sp³-hybridized carbons (Fsp3) is 0.154. The molecule has 4 heteroatoms. The third-order valence-electron chi connectivity index (χ3n) is 2.65. The molecule has 1 aromatic heterocycles. The maximum atomic E-state index is 12.0. The third-order valence-corrected chi connectivity index (χ3v) is 2.65. The summed E-state index contributed by atoms with van der Waals surface area (Å²) in [6.07, 6.45) is 1.49. The number of hydrogen-bond donors (Lipinski definition) is 2. The molecule has 0 aliphatic heterocycles. The summed E-state index contributed by atoms with van der Waals surface area (Å²) in [4.78, 5) is 12.0. The van der Waals surface area contributed by atoms with Gasteiger partial charge in [-0.1, -0.05) is 12.1 Å². The van der Waals surface area contributed by atoms with Crippen LogP contribution in [0.3, 0.4) is 0 Å². The van der Waals surface area contributed by atoms with E-state index in [-0.39, 0.29) is 5.91 Å². The van der Waals surface area contributed by atoms with E-state index in [1.165, 1.54) is 6.26 Å². The molecule has 4 nitrogen and oxygen atoms in total. The predicted molar refractivity (Wildman–Crippen MR) is 67.0 cm³/mol. The van der Waals surface area contributed by atoms with Crippen LogP contribution in [-0.2, 0) is 0 Å². The molecule has 0 aliphatic carbocycles. The number of nitrogens with two attached hydrogens (primary N) is 1.